The molecule has 1 rings (SSSR count). The van der Waals surface area contributed by atoms with Crippen LogP contribution in [0.2, 0.25) is 0 Å². The van der Waals surface area contributed by atoms with Crippen molar-refractivity contribution in [2.24, 2.45) is 5.73 Å². The number of nitrogens with zero attached hydrogens (tertiary/aromatic N) is 1. The summed E-state index contributed by atoms with van der Waals surface area (Å²) in [4.78, 5) is 15.5. The molecule has 0 fully saturated rings. The van der Waals surface area contributed by atoms with Gasteiger partial charge in [0.15, 0.2) is 5.78 Å². The largest absolute Gasteiger partial charge is 0.321 e. The lowest BCUT2D eigenvalue weighted by Crippen LogP contribution is -2.25. The van der Waals surface area contributed by atoms with Gasteiger partial charge in [0.05, 0.1) is 16.4 Å². The second-order valence-electron chi connectivity index (χ2n) is 2.02. The topological polar surface area (TPSA) is 56.0 Å². The molecule has 1 atom stereocenters. The van der Waals surface area contributed by atoms with Crippen LogP contribution < -0.4 is 5.73 Å². The number of Topliss-reactive ketones (excluding diaryl/α,β-unsaturated/α-hetero) is 1. The fraction of sp³-hybridized carbons (Fsp3) is 0.333. The number of aromatic nitrogens is 1. The molecule has 0 aliphatic rings. The van der Waals surface area contributed by atoms with Crippen molar-refractivity contribution in [3.63, 3.8) is 0 Å². The summed E-state index contributed by atoms with van der Waals surface area (Å²) in [5, 5.41) is 0. The van der Waals surface area contributed by atoms with Gasteiger partial charge in [0.1, 0.15) is 0 Å². The first-order valence-electron chi connectivity index (χ1n) is 2.90. The van der Waals surface area contributed by atoms with Gasteiger partial charge in [-0.2, -0.15) is 0 Å². The molecule has 0 amide bonds. The van der Waals surface area contributed by atoms with Crippen LogP contribution in [0.5, 0.6) is 0 Å². The molecular weight excluding hydrogens is 148 g/mol. The van der Waals surface area contributed by atoms with Crippen LogP contribution in [0.1, 0.15) is 16.6 Å². The van der Waals surface area contributed by atoms with Gasteiger partial charge in [-0.1, -0.05) is 0 Å². The molecule has 3 nitrogen and oxygen atoms in total. The number of thiazole rings is 1. The molecule has 0 aliphatic carbocycles. The maximum Gasteiger partial charge on any atom is 0.190 e. The Morgan fingerprint density at radius 2 is 2.60 bits per heavy atom. The van der Waals surface area contributed by atoms with Crippen molar-refractivity contribution in [1.82, 2.24) is 4.98 Å². The Kier molecular flexibility index (Phi) is 2.13. The smallest absolute Gasteiger partial charge is 0.190 e. The lowest BCUT2D eigenvalue weighted by atomic mass is 10.2. The molecule has 0 radical (unpaired) electrons. The van der Waals surface area contributed by atoms with Crippen molar-refractivity contribution in [2.45, 2.75) is 13.0 Å². The van der Waals surface area contributed by atoms with Gasteiger partial charge in [-0.05, 0) is 6.92 Å². The van der Waals surface area contributed by atoms with Gasteiger partial charge in [-0.15, -0.1) is 11.3 Å². The number of rotatable bonds is 2. The molecule has 0 saturated heterocycles. The van der Waals surface area contributed by atoms with E-state index in [9.17, 15) is 4.79 Å². The highest BCUT2D eigenvalue weighted by molar-refractivity contribution is 7.11. The van der Waals surface area contributed by atoms with Crippen molar-refractivity contribution in [3.05, 3.63) is 16.6 Å². The predicted molar refractivity (Wildman–Crippen MR) is 40.1 cm³/mol. The first-order valence-corrected chi connectivity index (χ1v) is 3.78. The first-order chi connectivity index (χ1) is 4.72. The van der Waals surface area contributed by atoms with Crippen LogP contribution in [0.4, 0.5) is 0 Å². The van der Waals surface area contributed by atoms with Crippen LogP contribution in [0.25, 0.3) is 0 Å². The van der Waals surface area contributed by atoms with E-state index in [1.54, 1.807) is 12.4 Å². The summed E-state index contributed by atoms with van der Waals surface area (Å²) >= 11 is 1.32. The highest BCUT2D eigenvalue weighted by Gasteiger charge is 2.11. The molecule has 2 N–H and O–H groups in total. The number of carbonyl (C=O) groups is 1. The Morgan fingerprint density at radius 3 is 3.00 bits per heavy atom. The van der Waals surface area contributed by atoms with Crippen LogP contribution in [-0.4, -0.2) is 16.8 Å². The Hall–Kier alpha value is -0.740. The fourth-order valence-electron chi connectivity index (χ4n) is 0.562. The van der Waals surface area contributed by atoms with Gasteiger partial charge in [0, 0.05) is 6.20 Å². The predicted octanol–water partition coefficient (Wildman–Crippen LogP) is 0.673. The summed E-state index contributed by atoms with van der Waals surface area (Å²) in [6, 6.07) is -0.416. The van der Waals surface area contributed by atoms with Crippen molar-refractivity contribution in [1.29, 1.82) is 0 Å². The Labute approximate surface area is 62.9 Å². The number of carbonyl (C=O) groups excluding carboxylic acids is 1. The number of ketones is 1. The number of hydrogen-bond donors (Lipinski definition) is 1. The minimum Gasteiger partial charge on any atom is -0.321 e. The molecule has 0 spiro atoms. The van der Waals surface area contributed by atoms with E-state index in [1.807, 2.05) is 0 Å². The molecule has 0 unspecified atom stereocenters. The highest BCUT2D eigenvalue weighted by atomic mass is 32.1. The van der Waals surface area contributed by atoms with Crippen molar-refractivity contribution >= 4 is 17.1 Å². The van der Waals surface area contributed by atoms with E-state index >= 15 is 0 Å². The zero-order chi connectivity index (χ0) is 7.56. The van der Waals surface area contributed by atoms with Gasteiger partial charge >= 0.3 is 0 Å². The summed E-state index contributed by atoms with van der Waals surface area (Å²) in [5.41, 5.74) is 6.98. The van der Waals surface area contributed by atoms with Crippen LogP contribution in [0, 0.1) is 0 Å². The van der Waals surface area contributed by atoms with E-state index in [0.29, 0.717) is 4.88 Å². The molecule has 1 heterocycles. The normalized spacial score (nSPS) is 13.0. The summed E-state index contributed by atoms with van der Waals surface area (Å²) in [6.45, 7) is 1.67. The monoisotopic (exact) mass is 156 g/mol. The van der Waals surface area contributed by atoms with Crippen molar-refractivity contribution < 1.29 is 4.79 Å². The molecule has 0 saturated carbocycles. The summed E-state index contributed by atoms with van der Waals surface area (Å²) in [6.07, 6.45) is 1.54. The third-order valence-electron chi connectivity index (χ3n) is 1.09. The molecule has 10 heavy (non-hydrogen) atoms. The molecule has 1 aromatic heterocycles. The van der Waals surface area contributed by atoms with E-state index in [1.165, 1.54) is 17.5 Å². The van der Waals surface area contributed by atoms with E-state index in [0.717, 1.165) is 0 Å². The van der Waals surface area contributed by atoms with Crippen molar-refractivity contribution in [2.75, 3.05) is 0 Å². The van der Waals surface area contributed by atoms with Crippen molar-refractivity contribution in [3.8, 4) is 0 Å². The second-order valence-corrected chi connectivity index (χ2v) is 2.90. The van der Waals surface area contributed by atoms with Crippen LogP contribution in [0.3, 0.4) is 0 Å². The first kappa shape index (κ1) is 7.37. The second kappa shape index (κ2) is 2.90. The molecular formula is C6H8N2OS. The number of hydrogen-bond acceptors (Lipinski definition) is 4. The average molecular weight is 156 g/mol. The standard InChI is InChI=1S/C6H8N2OS/c1-4(7)6(9)5-2-8-3-10-5/h2-4H,7H2,1H3/t4-/m1/s1. The average Bonchev–Trinajstić information content (AvgIpc) is 2.36. The van der Waals surface area contributed by atoms with Crippen LogP contribution in [0.15, 0.2) is 11.7 Å². The Bertz CT molecular complexity index is 218. The number of nitrogens with two attached hydrogens (primary N) is 1. The SMILES string of the molecule is C[C@@H](N)C(=O)c1cncs1. The van der Waals surface area contributed by atoms with E-state index in [2.05, 4.69) is 4.98 Å². The van der Waals surface area contributed by atoms with Gasteiger partial charge in [0.25, 0.3) is 0 Å². The fourth-order valence-corrected chi connectivity index (χ4v) is 1.22. The summed E-state index contributed by atoms with van der Waals surface area (Å²) < 4.78 is 0. The van der Waals surface area contributed by atoms with Crippen LogP contribution in [-0.2, 0) is 0 Å². The zero-order valence-corrected chi connectivity index (χ0v) is 6.39. The molecule has 1 aromatic rings. The molecule has 0 aliphatic heterocycles. The summed E-state index contributed by atoms with van der Waals surface area (Å²) in [5.74, 6) is -0.0394. The van der Waals surface area contributed by atoms with E-state index < -0.39 is 6.04 Å². The molecule has 54 valence electrons. The zero-order valence-electron chi connectivity index (χ0n) is 5.57. The van der Waals surface area contributed by atoms with Gasteiger partial charge < -0.3 is 5.73 Å². The minimum absolute atomic E-state index is 0.0394. The third-order valence-corrected chi connectivity index (χ3v) is 1.88. The molecule has 0 aromatic carbocycles. The summed E-state index contributed by atoms with van der Waals surface area (Å²) in [7, 11) is 0. The quantitative estimate of drug-likeness (QED) is 0.640. The Morgan fingerprint density at radius 1 is 1.90 bits per heavy atom. The molecule has 4 heteroatoms. The van der Waals surface area contributed by atoms with Gasteiger partial charge in [-0.25, -0.2) is 0 Å². The third kappa shape index (κ3) is 1.40. The maximum atomic E-state index is 11.1. The molecule has 0 bridgehead atoms. The van der Waals surface area contributed by atoms with E-state index in [-0.39, 0.29) is 5.78 Å². The van der Waals surface area contributed by atoms with E-state index in [4.69, 9.17) is 5.73 Å². The lowest BCUT2D eigenvalue weighted by molar-refractivity contribution is 0.0971. The highest BCUT2D eigenvalue weighted by Crippen LogP contribution is 2.07. The van der Waals surface area contributed by atoms with Gasteiger partial charge in [-0.3, -0.25) is 9.78 Å². The minimum atomic E-state index is -0.416. The lowest BCUT2D eigenvalue weighted by Gasteiger charge is -1.97. The maximum absolute atomic E-state index is 11.1. The van der Waals surface area contributed by atoms with Crippen LogP contribution >= 0.6 is 11.3 Å². The Balaban J connectivity index is 2.78. The van der Waals surface area contributed by atoms with Gasteiger partial charge in [0.2, 0.25) is 0 Å².